The minimum Gasteiger partial charge on any atom is -0.394 e. The van der Waals surface area contributed by atoms with E-state index in [1.54, 1.807) is 0 Å². The van der Waals surface area contributed by atoms with Crippen molar-refractivity contribution >= 4 is 0 Å². The minimum absolute atomic E-state index is 0.0381. The van der Waals surface area contributed by atoms with E-state index in [0.717, 1.165) is 6.42 Å². The number of hydrogen-bond acceptors (Lipinski definition) is 8. The van der Waals surface area contributed by atoms with Crippen LogP contribution in [-0.4, -0.2) is 104 Å². The zero-order valence-corrected chi connectivity index (χ0v) is 22.1. The van der Waals surface area contributed by atoms with E-state index in [1.807, 2.05) is 0 Å². The van der Waals surface area contributed by atoms with E-state index in [9.17, 15) is 0 Å². The number of unbranched alkanes of at least 4 members (excludes halogenated alkanes) is 5. The van der Waals surface area contributed by atoms with Gasteiger partial charge in [0, 0.05) is 0 Å². The van der Waals surface area contributed by atoms with E-state index in [2.05, 4.69) is 13.8 Å². The summed E-state index contributed by atoms with van der Waals surface area (Å²) < 4.78 is 38.5. The number of hydrogen-bond donors (Lipinski definition) is 1. The van der Waals surface area contributed by atoms with Crippen LogP contribution in [0.2, 0.25) is 0 Å². The van der Waals surface area contributed by atoms with Crippen LogP contribution in [0.1, 0.15) is 71.6 Å². The molecule has 8 heteroatoms. The van der Waals surface area contributed by atoms with E-state index < -0.39 is 0 Å². The summed E-state index contributed by atoms with van der Waals surface area (Å²) >= 11 is 0. The number of rotatable bonds is 30. The Bertz CT molecular complexity index is 360. The molecule has 206 valence electrons. The molecule has 1 atom stereocenters. The fraction of sp³-hybridized carbons (Fsp3) is 1.00. The summed E-state index contributed by atoms with van der Waals surface area (Å²) in [5.74, 6) is 0. The lowest BCUT2D eigenvalue weighted by atomic mass is 10.0. The van der Waals surface area contributed by atoms with Crippen molar-refractivity contribution in [1.29, 1.82) is 0 Å². The van der Waals surface area contributed by atoms with Gasteiger partial charge in [0.25, 0.3) is 0 Å². The average molecular weight is 495 g/mol. The molecule has 0 rings (SSSR count). The normalized spacial score (nSPS) is 12.4. The maximum Gasteiger partial charge on any atom is 0.0704 e. The first-order valence-electron chi connectivity index (χ1n) is 13.5. The Balaban J connectivity index is 3.31. The van der Waals surface area contributed by atoms with Gasteiger partial charge in [-0.15, -0.1) is 0 Å². The van der Waals surface area contributed by atoms with Gasteiger partial charge in [-0.05, 0) is 12.8 Å². The molecule has 0 aliphatic carbocycles. The highest BCUT2D eigenvalue weighted by molar-refractivity contribution is 4.59. The molecule has 0 aliphatic rings. The Morgan fingerprint density at radius 1 is 0.441 bits per heavy atom. The monoisotopic (exact) mass is 494 g/mol. The Morgan fingerprint density at radius 2 is 0.824 bits per heavy atom. The van der Waals surface area contributed by atoms with Crippen molar-refractivity contribution in [3.05, 3.63) is 0 Å². The molecule has 0 saturated heterocycles. The maximum atomic E-state index is 8.57. The second-order valence-electron chi connectivity index (χ2n) is 8.24. The molecule has 34 heavy (non-hydrogen) atoms. The highest BCUT2D eigenvalue weighted by Crippen LogP contribution is 2.14. The molecule has 0 spiro atoms. The highest BCUT2D eigenvalue weighted by Gasteiger charge is 2.08. The molecule has 8 nitrogen and oxygen atoms in total. The van der Waals surface area contributed by atoms with Gasteiger partial charge >= 0.3 is 0 Å². The predicted octanol–water partition coefficient (Wildman–Crippen LogP) is 4.01. The topological polar surface area (TPSA) is 84.8 Å². The molecule has 0 aromatic carbocycles. The van der Waals surface area contributed by atoms with E-state index >= 15 is 0 Å². The summed E-state index contributed by atoms with van der Waals surface area (Å²) in [6.07, 6.45) is 11.7. The molecule has 0 aromatic rings. The quantitative estimate of drug-likeness (QED) is 0.150. The van der Waals surface area contributed by atoms with Crippen LogP contribution in [0, 0.1) is 0 Å². The molecule has 0 aromatic heterocycles. The molecular weight excluding hydrogens is 440 g/mol. The van der Waals surface area contributed by atoms with Crippen molar-refractivity contribution in [1.82, 2.24) is 0 Å². The van der Waals surface area contributed by atoms with Gasteiger partial charge in [-0.1, -0.05) is 58.8 Å². The van der Waals surface area contributed by atoms with Crippen LogP contribution in [-0.2, 0) is 33.2 Å². The Hall–Kier alpha value is -0.320. The molecule has 1 N–H and O–H groups in total. The summed E-state index contributed by atoms with van der Waals surface area (Å²) in [5.41, 5.74) is 0. The molecular formula is C26H54O8. The highest BCUT2D eigenvalue weighted by atomic mass is 16.6. The lowest BCUT2D eigenvalue weighted by Gasteiger charge is -2.18. The molecule has 0 saturated carbocycles. The maximum absolute atomic E-state index is 8.57. The van der Waals surface area contributed by atoms with Crippen LogP contribution in [0.25, 0.3) is 0 Å². The third kappa shape index (κ3) is 27.9. The molecule has 0 amide bonds. The predicted molar refractivity (Wildman–Crippen MR) is 135 cm³/mol. The van der Waals surface area contributed by atoms with Crippen LogP contribution >= 0.6 is 0 Å². The summed E-state index contributed by atoms with van der Waals surface area (Å²) in [4.78, 5) is 0. The molecule has 0 aliphatic heterocycles. The first-order valence-corrected chi connectivity index (χ1v) is 13.5. The third-order valence-electron chi connectivity index (χ3n) is 5.19. The van der Waals surface area contributed by atoms with Crippen molar-refractivity contribution in [2.24, 2.45) is 0 Å². The SMILES string of the molecule is CCCCCCCC(CCCC)OCCOCCOCCOCCOCCOCCOCCO. The van der Waals surface area contributed by atoms with Gasteiger partial charge in [0.2, 0.25) is 0 Å². The molecule has 0 fully saturated rings. The standard InChI is InChI=1S/C26H54O8/c1-3-5-7-8-9-11-26(10-6-4-2)34-25-24-33-23-22-32-21-20-31-19-18-30-17-16-29-15-14-28-13-12-27/h26-27H,3-25H2,1-2H3. The van der Waals surface area contributed by atoms with Crippen LogP contribution in [0.15, 0.2) is 0 Å². The second kappa shape index (κ2) is 30.7. The fourth-order valence-corrected chi connectivity index (χ4v) is 3.26. The zero-order chi connectivity index (χ0) is 24.8. The van der Waals surface area contributed by atoms with E-state index in [-0.39, 0.29) is 6.61 Å². The summed E-state index contributed by atoms with van der Waals surface area (Å²) in [6.45, 7) is 11.5. The van der Waals surface area contributed by atoms with Crippen molar-refractivity contribution < 1.29 is 38.3 Å². The van der Waals surface area contributed by atoms with Gasteiger partial charge in [0.15, 0.2) is 0 Å². The Morgan fingerprint density at radius 3 is 1.26 bits per heavy atom. The van der Waals surface area contributed by atoms with Crippen LogP contribution < -0.4 is 0 Å². The molecule has 0 heterocycles. The van der Waals surface area contributed by atoms with Gasteiger partial charge in [0.1, 0.15) is 0 Å². The number of aliphatic hydroxyl groups is 1. The minimum atomic E-state index is 0.0381. The van der Waals surface area contributed by atoms with Crippen molar-refractivity contribution in [3.8, 4) is 0 Å². The first-order chi connectivity index (χ1) is 16.8. The van der Waals surface area contributed by atoms with Crippen molar-refractivity contribution in [2.45, 2.75) is 77.7 Å². The molecule has 1 unspecified atom stereocenters. The Kier molecular flexibility index (Phi) is 30.4. The van der Waals surface area contributed by atoms with Crippen LogP contribution in [0.3, 0.4) is 0 Å². The van der Waals surface area contributed by atoms with E-state index in [1.165, 1.54) is 51.4 Å². The largest absolute Gasteiger partial charge is 0.394 e. The van der Waals surface area contributed by atoms with Gasteiger partial charge in [-0.3, -0.25) is 0 Å². The van der Waals surface area contributed by atoms with Crippen LogP contribution in [0.5, 0.6) is 0 Å². The zero-order valence-electron chi connectivity index (χ0n) is 22.1. The third-order valence-corrected chi connectivity index (χ3v) is 5.19. The number of ether oxygens (including phenoxy) is 7. The first kappa shape index (κ1) is 33.7. The van der Waals surface area contributed by atoms with Gasteiger partial charge < -0.3 is 38.3 Å². The molecule has 0 radical (unpaired) electrons. The summed E-state index contributed by atoms with van der Waals surface area (Å²) in [5, 5.41) is 8.57. The average Bonchev–Trinajstić information content (AvgIpc) is 2.85. The van der Waals surface area contributed by atoms with E-state index in [0.29, 0.717) is 92.0 Å². The summed E-state index contributed by atoms with van der Waals surface area (Å²) in [7, 11) is 0. The Labute approximate surface area is 208 Å². The van der Waals surface area contributed by atoms with Crippen molar-refractivity contribution in [3.63, 3.8) is 0 Å². The smallest absolute Gasteiger partial charge is 0.0704 e. The second-order valence-corrected chi connectivity index (χ2v) is 8.24. The lowest BCUT2D eigenvalue weighted by molar-refractivity contribution is -0.0298. The van der Waals surface area contributed by atoms with Crippen molar-refractivity contribution in [2.75, 3.05) is 92.5 Å². The number of aliphatic hydroxyl groups excluding tert-OH is 1. The van der Waals surface area contributed by atoms with Gasteiger partial charge in [-0.25, -0.2) is 0 Å². The molecule has 0 bridgehead atoms. The fourth-order valence-electron chi connectivity index (χ4n) is 3.26. The van der Waals surface area contributed by atoms with Gasteiger partial charge in [-0.2, -0.15) is 0 Å². The lowest BCUT2D eigenvalue weighted by Crippen LogP contribution is -2.18. The summed E-state index contributed by atoms with van der Waals surface area (Å²) in [6, 6.07) is 0. The van der Waals surface area contributed by atoms with Crippen LogP contribution in [0.4, 0.5) is 0 Å². The van der Waals surface area contributed by atoms with Gasteiger partial charge in [0.05, 0.1) is 98.6 Å². The van der Waals surface area contributed by atoms with E-state index in [4.69, 9.17) is 38.3 Å².